The molecule has 0 aliphatic heterocycles. The molecule has 0 saturated heterocycles. The minimum atomic E-state index is -0.677. The van der Waals surface area contributed by atoms with Crippen molar-refractivity contribution in [1.82, 2.24) is 0 Å². The fraction of sp³-hybridized carbons (Fsp3) is 0.417. The number of anilines is 1. The van der Waals surface area contributed by atoms with Gasteiger partial charge < -0.3 is 0 Å². The molecule has 8 heteroatoms. The smallest absolute Gasteiger partial charge is 0.272 e. The van der Waals surface area contributed by atoms with E-state index in [-0.39, 0.29) is 23.0 Å². The van der Waals surface area contributed by atoms with E-state index in [0.29, 0.717) is 0 Å². The molecule has 0 radical (unpaired) electrons. The van der Waals surface area contributed by atoms with Crippen LogP contribution in [0.4, 0.5) is 17.1 Å². The predicted molar refractivity (Wildman–Crippen MR) is 75.9 cm³/mol. The van der Waals surface area contributed by atoms with E-state index in [1.54, 1.807) is 0 Å². The molecule has 1 aromatic carbocycles. The van der Waals surface area contributed by atoms with Crippen LogP contribution in [0.5, 0.6) is 0 Å². The maximum absolute atomic E-state index is 10.9. The number of hydrogen-bond donors (Lipinski definition) is 1. The Morgan fingerprint density at radius 3 is 2.50 bits per heavy atom. The van der Waals surface area contributed by atoms with Crippen molar-refractivity contribution < 1.29 is 9.85 Å². The third-order valence-electron chi connectivity index (χ3n) is 3.07. The van der Waals surface area contributed by atoms with Gasteiger partial charge in [-0.2, -0.15) is 5.10 Å². The summed E-state index contributed by atoms with van der Waals surface area (Å²) < 4.78 is 0. The fourth-order valence-corrected chi connectivity index (χ4v) is 1.43. The van der Waals surface area contributed by atoms with Gasteiger partial charge in [-0.1, -0.05) is 13.8 Å². The van der Waals surface area contributed by atoms with Crippen LogP contribution in [0.2, 0.25) is 0 Å². The summed E-state index contributed by atoms with van der Waals surface area (Å²) in [5.41, 5.74) is 2.83. The molecule has 1 aromatic rings. The van der Waals surface area contributed by atoms with E-state index < -0.39 is 9.85 Å². The Hall–Kier alpha value is -2.51. The molecule has 0 unspecified atom stereocenters. The second-order valence-electron chi connectivity index (χ2n) is 4.39. The third kappa shape index (κ3) is 3.74. The van der Waals surface area contributed by atoms with Crippen LogP contribution in [0.25, 0.3) is 0 Å². The first-order valence-electron chi connectivity index (χ1n) is 6.09. The fourth-order valence-electron chi connectivity index (χ4n) is 1.43. The van der Waals surface area contributed by atoms with Crippen molar-refractivity contribution in [3.8, 4) is 0 Å². The Kier molecular flexibility index (Phi) is 5.13. The summed E-state index contributed by atoms with van der Waals surface area (Å²) in [6.45, 7) is 5.82. The number of nitrogens with zero attached hydrogens (tertiary/aromatic N) is 3. The molecule has 0 aliphatic carbocycles. The molecule has 0 amide bonds. The van der Waals surface area contributed by atoms with Crippen LogP contribution in [0.15, 0.2) is 23.3 Å². The average Bonchev–Trinajstić information content (AvgIpc) is 2.43. The number of hydrogen-bond acceptors (Lipinski definition) is 6. The Balaban J connectivity index is 3.07. The van der Waals surface area contributed by atoms with E-state index >= 15 is 0 Å². The zero-order valence-electron chi connectivity index (χ0n) is 11.5. The minimum absolute atomic E-state index is 0.128. The number of non-ortho nitro benzene ring substituents is 1. The lowest BCUT2D eigenvalue weighted by Gasteiger charge is -2.08. The largest absolute Gasteiger partial charge is 0.301 e. The molecule has 1 atom stereocenters. The Labute approximate surface area is 115 Å². The van der Waals surface area contributed by atoms with Crippen LogP contribution in [-0.4, -0.2) is 15.6 Å². The number of nitro groups is 2. The van der Waals surface area contributed by atoms with Crippen molar-refractivity contribution in [1.29, 1.82) is 0 Å². The van der Waals surface area contributed by atoms with Crippen LogP contribution >= 0.6 is 0 Å². The highest BCUT2D eigenvalue weighted by Crippen LogP contribution is 2.29. The first-order chi connectivity index (χ1) is 9.36. The Morgan fingerprint density at radius 1 is 1.35 bits per heavy atom. The third-order valence-corrected chi connectivity index (χ3v) is 3.07. The van der Waals surface area contributed by atoms with Crippen LogP contribution in [-0.2, 0) is 0 Å². The molecule has 1 rings (SSSR count). The summed E-state index contributed by atoms with van der Waals surface area (Å²) in [5.74, 6) is 0.250. The van der Waals surface area contributed by atoms with Gasteiger partial charge in [0.2, 0.25) is 0 Å². The summed E-state index contributed by atoms with van der Waals surface area (Å²) in [6, 6.07) is 3.39. The van der Waals surface area contributed by atoms with E-state index in [1.165, 1.54) is 12.1 Å². The summed E-state index contributed by atoms with van der Waals surface area (Å²) >= 11 is 0. The first-order valence-corrected chi connectivity index (χ1v) is 6.09. The molecule has 0 saturated carbocycles. The summed E-state index contributed by atoms with van der Waals surface area (Å²) in [4.78, 5) is 20.2. The van der Waals surface area contributed by atoms with Crippen molar-refractivity contribution in [2.45, 2.75) is 27.2 Å². The van der Waals surface area contributed by atoms with E-state index in [0.717, 1.165) is 18.2 Å². The van der Waals surface area contributed by atoms with Gasteiger partial charge >= 0.3 is 5.69 Å². The quantitative estimate of drug-likeness (QED) is 0.488. The van der Waals surface area contributed by atoms with E-state index in [2.05, 4.69) is 10.5 Å². The van der Waals surface area contributed by atoms with Gasteiger partial charge in [0.15, 0.2) is 0 Å². The van der Waals surface area contributed by atoms with Crippen molar-refractivity contribution in [2.24, 2.45) is 11.0 Å². The van der Waals surface area contributed by atoms with E-state index in [1.807, 2.05) is 20.8 Å². The molecule has 8 nitrogen and oxygen atoms in total. The van der Waals surface area contributed by atoms with Gasteiger partial charge in [-0.3, -0.25) is 25.7 Å². The molecule has 1 N–H and O–H groups in total. The molecule has 0 spiro atoms. The molecule has 0 heterocycles. The predicted octanol–water partition coefficient (Wildman–Crippen LogP) is 3.34. The van der Waals surface area contributed by atoms with Crippen LogP contribution in [0.3, 0.4) is 0 Å². The molecule has 20 heavy (non-hydrogen) atoms. The van der Waals surface area contributed by atoms with Gasteiger partial charge in [-0.25, -0.2) is 0 Å². The van der Waals surface area contributed by atoms with Gasteiger partial charge in [0.1, 0.15) is 5.69 Å². The number of hydrazone groups is 1. The van der Waals surface area contributed by atoms with E-state index in [4.69, 9.17) is 0 Å². The molecular weight excluding hydrogens is 264 g/mol. The SMILES string of the molecule is CC[C@H](C)/C(C)=N/Nc1ccc([N+](=O)[O-])cc1[N+](=O)[O-]. The number of nitrogens with one attached hydrogen (secondary N) is 1. The van der Waals surface area contributed by atoms with Crippen molar-refractivity contribution in [3.05, 3.63) is 38.4 Å². The van der Waals surface area contributed by atoms with Crippen LogP contribution in [0.1, 0.15) is 27.2 Å². The van der Waals surface area contributed by atoms with Gasteiger partial charge in [0.05, 0.1) is 15.9 Å². The van der Waals surface area contributed by atoms with Gasteiger partial charge in [-0.15, -0.1) is 0 Å². The number of nitro benzene ring substituents is 2. The lowest BCUT2D eigenvalue weighted by atomic mass is 10.1. The standard InChI is InChI=1S/C12H16N4O4/c1-4-8(2)9(3)13-14-11-6-5-10(15(17)18)7-12(11)16(19)20/h5-8,14H,4H2,1-3H3/b13-9+/t8-/m0/s1. The molecular formula is C12H16N4O4. The summed E-state index contributed by atoms with van der Waals surface area (Å²) in [6.07, 6.45) is 0.902. The van der Waals surface area contributed by atoms with Crippen LogP contribution < -0.4 is 5.43 Å². The summed E-state index contributed by atoms with van der Waals surface area (Å²) in [5, 5.41) is 25.6. The minimum Gasteiger partial charge on any atom is -0.272 e. The number of rotatable bonds is 6. The maximum Gasteiger partial charge on any atom is 0.301 e. The Morgan fingerprint density at radius 2 is 2.00 bits per heavy atom. The maximum atomic E-state index is 10.9. The second-order valence-corrected chi connectivity index (χ2v) is 4.39. The molecule has 0 bridgehead atoms. The first kappa shape index (κ1) is 15.5. The molecule has 0 aromatic heterocycles. The zero-order valence-corrected chi connectivity index (χ0v) is 11.5. The molecule has 0 fully saturated rings. The van der Waals surface area contributed by atoms with Crippen molar-refractivity contribution in [3.63, 3.8) is 0 Å². The van der Waals surface area contributed by atoms with Gasteiger partial charge in [-0.05, 0) is 25.3 Å². The highest BCUT2D eigenvalue weighted by Gasteiger charge is 2.19. The van der Waals surface area contributed by atoms with Crippen LogP contribution in [0, 0.1) is 26.1 Å². The lowest BCUT2D eigenvalue weighted by Crippen LogP contribution is -2.08. The average molecular weight is 280 g/mol. The lowest BCUT2D eigenvalue weighted by molar-refractivity contribution is -0.393. The summed E-state index contributed by atoms with van der Waals surface area (Å²) in [7, 11) is 0. The monoisotopic (exact) mass is 280 g/mol. The number of benzene rings is 1. The molecule has 108 valence electrons. The van der Waals surface area contributed by atoms with Gasteiger partial charge in [0, 0.05) is 11.8 Å². The normalized spacial score (nSPS) is 12.8. The molecule has 0 aliphatic rings. The van der Waals surface area contributed by atoms with Crippen molar-refractivity contribution in [2.75, 3.05) is 5.43 Å². The Bertz CT molecular complexity index is 556. The van der Waals surface area contributed by atoms with Crippen molar-refractivity contribution >= 4 is 22.8 Å². The highest BCUT2D eigenvalue weighted by molar-refractivity contribution is 5.85. The zero-order chi connectivity index (χ0) is 15.3. The second kappa shape index (κ2) is 6.60. The van der Waals surface area contributed by atoms with E-state index in [9.17, 15) is 20.2 Å². The van der Waals surface area contributed by atoms with Gasteiger partial charge in [0.25, 0.3) is 5.69 Å². The highest BCUT2D eigenvalue weighted by atomic mass is 16.6. The topological polar surface area (TPSA) is 111 Å².